The summed E-state index contributed by atoms with van der Waals surface area (Å²) >= 11 is 0. The van der Waals surface area contributed by atoms with Gasteiger partial charge >= 0.3 is 0 Å². The highest BCUT2D eigenvalue weighted by molar-refractivity contribution is 5.52. The van der Waals surface area contributed by atoms with E-state index in [0.717, 1.165) is 49.8 Å². The van der Waals surface area contributed by atoms with E-state index in [9.17, 15) is 0 Å². The van der Waals surface area contributed by atoms with Crippen molar-refractivity contribution in [1.29, 1.82) is 0 Å². The van der Waals surface area contributed by atoms with Crippen molar-refractivity contribution in [3.63, 3.8) is 0 Å². The highest BCUT2D eigenvalue weighted by Crippen LogP contribution is 2.32. The Bertz CT molecular complexity index is 937. The molecule has 0 spiro atoms. The Balaban J connectivity index is 1.14. The molecule has 1 saturated heterocycles. The number of rotatable bonds is 5. The van der Waals surface area contributed by atoms with Gasteiger partial charge in [-0.15, -0.1) is 15.0 Å². The number of nitrogens with zero attached hydrogens (tertiary/aromatic N) is 6. The lowest BCUT2D eigenvalue weighted by molar-refractivity contribution is 0.0930. The van der Waals surface area contributed by atoms with E-state index in [1.807, 2.05) is 36.4 Å². The number of fused-ring (bicyclic) bond motifs is 1. The van der Waals surface area contributed by atoms with Gasteiger partial charge in [0.25, 0.3) is 0 Å². The summed E-state index contributed by atoms with van der Waals surface area (Å²) in [7, 11) is 0. The van der Waals surface area contributed by atoms with E-state index in [4.69, 9.17) is 9.47 Å². The zero-order chi connectivity index (χ0) is 18.8. The van der Waals surface area contributed by atoms with E-state index in [-0.39, 0.29) is 0 Å². The van der Waals surface area contributed by atoms with Crippen molar-refractivity contribution in [3.8, 4) is 22.9 Å². The van der Waals surface area contributed by atoms with Crippen LogP contribution in [0, 0.1) is 0 Å². The van der Waals surface area contributed by atoms with Gasteiger partial charge in [-0.25, -0.2) is 0 Å². The van der Waals surface area contributed by atoms with Crippen molar-refractivity contribution < 1.29 is 9.47 Å². The van der Waals surface area contributed by atoms with Crippen LogP contribution in [0.3, 0.4) is 0 Å². The molecular formula is C20H22N6O2. The summed E-state index contributed by atoms with van der Waals surface area (Å²) in [6, 6.07) is 16.1. The Morgan fingerprint density at radius 2 is 1.64 bits per heavy atom. The number of hydrogen-bond acceptors (Lipinski definition) is 7. The smallest absolute Gasteiger partial charge is 0.231 e. The molecule has 28 heavy (non-hydrogen) atoms. The summed E-state index contributed by atoms with van der Waals surface area (Å²) in [6.45, 7) is 5.88. The van der Waals surface area contributed by atoms with Crippen LogP contribution in [0.1, 0.15) is 5.56 Å². The zero-order valence-electron chi connectivity index (χ0n) is 15.6. The largest absolute Gasteiger partial charge is 0.454 e. The number of ether oxygens (including phenoxy) is 2. The summed E-state index contributed by atoms with van der Waals surface area (Å²) in [6.07, 6.45) is 0. The van der Waals surface area contributed by atoms with Crippen LogP contribution in [0.5, 0.6) is 11.5 Å². The monoisotopic (exact) mass is 378 g/mol. The summed E-state index contributed by atoms with van der Waals surface area (Å²) in [5, 5.41) is 12.9. The SMILES string of the molecule is c1ccc(-c2nnn(CN3CCN(Cc4ccc5c(c4)OCO5)CC3)n2)cc1. The third-order valence-corrected chi connectivity index (χ3v) is 5.12. The minimum absolute atomic E-state index is 0.319. The normalized spacial score (nSPS) is 17.1. The predicted molar refractivity (Wildman–Crippen MR) is 103 cm³/mol. The Morgan fingerprint density at radius 3 is 2.50 bits per heavy atom. The Hall–Kier alpha value is -2.97. The molecule has 5 rings (SSSR count). The van der Waals surface area contributed by atoms with Crippen molar-refractivity contribution in [1.82, 2.24) is 30.0 Å². The average molecular weight is 378 g/mol. The third-order valence-electron chi connectivity index (χ3n) is 5.12. The van der Waals surface area contributed by atoms with Gasteiger partial charge < -0.3 is 9.47 Å². The second kappa shape index (κ2) is 7.57. The van der Waals surface area contributed by atoms with Crippen LogP contribution < -0.4 is 9.47 Å². The third kappa shape index (κ3) is 3.69. The molecule has 3 aromatic rings. The lowest BCUT2D eigenvalue weighted by Gasteiger charge is -2.34. The van der Waals surface area contributed by atoms with Crippen LogP contribution in [-0.2, 0) is 13.2 Å². The van der Waals surface area contributed by atoms with Crippen molar-refractivity contribution in [2.24, 2.45) is 0 Å². The van der Waals surface area contributed by atoms with Gasteiger partial charge in [-0.05, 0) is 22.9 Å². The number of benzene rings is 2. The molecule has 2 aliphatic heterocycles. The maximum atomic E-state index is 5.47. The van der Waals surface area contributed by atoms with Gasteiger partial charge in [-0.2, -0.15) is 0 Å². The molecule has 144 valence electrons. The molecular weight excluding hydrogens is 356 g/mol. The Labute approximate surface area is 163 Å². The van der Waals surface area contributed by atoms with Crippen LogP contribution in [0.2, 0.25) is 0 Å². The fraction of sp³-hybridized carbons (Fsp3) is 0.350. The standard InChI is InChI=1S/C20H22N6O2/c1-2-4-17(5-3-1)20-21-23-26(22-20)14-25-10-8-24(9-11-25)13-16-6-7-18-19(12-16)28-15-27-18/h1-7,12H,8-11,13-15H2. The van der Waals surface area contributed by atoms with E-state index in [0.29, 0.717) is 19.3 Å². The molecule has 0 unspecified atom stereocenters. The number of aromatic nitrogens is 4. The molecule has 0 atom stereocenters. The van der Waals surface area contributed by atoms with Crippen LogP contribution in [0.4, 0.5) is 0 Å². The molecule has 3 heterocycles. The minimum Gasteiger partial charge on any atom is -0.454 e. The molecule has 0 N–H and O–H groups in total. The molecule has 2 aliphatic rings. The van der Waals surface area contributed by atoms with Gasteiger partial charge in [0.2, 0.25) is 12.6 Å². The lowest BCUT2D eigenvalue weighted by Crippen LogP contribution is -2.46. The first-order valence-corrected chi connectivity index (χ1v) is 9.50. The molecule has 1 fully saturated rings. The van der Waals surface area contributed by atoms with Gasteiger partial charge in [0.15, 0.2) is 11.5 Å². The first-order valence-electron chi connectivity index (χ1n) is 9.50. The van der Waals surface area contributed by atoms with Gasteiger partial charge in [-0.3, -0.25) is 9.80 Å². The van der Waals surface area contributed by atoms with Crippen molar-refractivity contribution >= 4 is 0 Å². The van der Waals surface area contributed by atoms with Gasteiger partial charge in [0.1, 0.15) is 6.67 Å². The first-order chi connectivity index (χ1) is 13.8. The molecule has 8 heteroatoms. The number of hydrogen-bond donors (Lipinski definition) is 0. The Kier molecular flexibility index (Phi) is 4.64. The summed E-state index contributed by atoms with van der Waals surface area (Å²) in [5.74, 6) is 2.36. The molecule has 0 saturated carbocycles. The zero-order valence-corrected chi connectivity index (χ0v) is 15.6. The fourth-order valence-corrected chi connectivity index (χ4v) is 3.57. The summed E-state index contributed by atoms with van der Waals surface area (Å²) in [4.78, 5) is 6.49. The van der Waals surface area contributed by atoms with Crippen molar-refractivity contribution in [3.05, 3.63) is 54.1 Å². The molecule has 2 aromatic carbocycles. The van der Waals surface area contributed by atoms with Crippen LogP contribution in [0.25, 0.3) is 11.4 Å². The van der Waals surface area contributed by atoms with Gasteiger partial charge in [-0.1, -0.05) is 36.4 Å². The summed E-state index contributed by atoms with van der Waals surface area (Å²) in [5.41, 5.74) is 2.24. The molecule has 0 aliphatic carbocycles. The summed E-state index contributed by atoms with van der Waals surface area (Å²) < 4.78 is 10.9. The van der Waals surface area contributed by atoms with Crippen LogP contribution >= 0.6 is 0 Å². The second-order valence-corrected chi connectivity index (χ2v) is 7.07. The van der Waals surface area contributed by atoms with Crippen LogP contribution in [0.15, 0.2) is 48.5 Å². The molecule has 0 radical (unpaired) electrons. The molecule has 1 aromatic heterocycles. The van der Waals surface area contributed by atoms with E-state index in [1.165, 1.54) is 5.56 Å². The van der Waals surface area contributed by atoms with E-state index >= 15 is 0 Å². The maximum Gasteiger partial charge on any atom is 0.231 e. The molecule has 8 nitrogen and oxygen atoms in total. The van der Waals surface area contributed by atoms with E-state index in [1.54, 1.807) is 4.80 Å². The molecule has 0 amide bonds. The first kappa shape index (κ1) is 17.2. The average Bonchev–Trinajstić information content (AvgIpc) is 3.39. The predicted octanol–water partition coefficient (Wildman–Crippen LogP) is 1.84. The maximum absolute atomic E-state index is 5.47. The topological polar surface area (TPSA) is 68.5 Å². The van der Waals surface area contributed by atoms with Gasteiger partial charge in [0, 0.05) is 38.3 Å². The van der Waals surface area contributed by atoms with Crippen molar-refractivity contribution in [2.45, 2.75) is 13.2 Å². The van der Waals surface area contributed by atoms with Crippen LogP contribution in [-0.4, -0.2) is 63.0 Å². The van der Waals surface area contributed by atoms with E-state index < -0.39 is 0 Å². The highest BCUT2D eigenvalue weighted by atomic mass is 16.7. The fourth-order valence-electron chi connectivity index (χ4n) is 3.57. The number of piperazine rings is 1. The van der Waals surface area contributed by atoms with Gasteiger partial charge in [0.05, 0.1) is 0 Å². The number of tetrazole rings is 1. The van der Waals surface area contributed by atoms with E-state index in [2.05, 4.69) is 37.3 Å². The Morgan fingerprint density at radius 1 is 0.857 bits per heavy atom. The highest BCUT2D eigenvalue weighted by Gasteiger charge is 2.20. The molecule has 0 bridgehead atoms. The second-order valence-electron chi connectivity index (χ2n) is 7.07. The van der Waals surface area contributed by atoms with Crippen molar-refractivity contribution in [2.75, 3.05) is 33.0 Å². The lowest BCUT2D eigenvalue weighted by atomic mass is 10.1. The minimum atomic E-state index is 0.319. The quantitative estimate of drug-likeness (QED) is 0.671.